The Balaban J connectivity index is 1.60. The molecule has 0 spiro atoms. The van der Waals surface area contributed by atoms with Gasteiger partial charge in [-0.1, -0.05) is 11.6 Å². The van der Waals surface area contributed by atoms with Crippen LogP contribution in [0.2, 0.25) is 5.02 Å². The van der Waals surface area contributed by atoms with Crippen LogP contribution in [0.3, 0.4) is 0 Å². The molecule has 0 aliphatic carbocycles. The van der Waals surface area contributed by atoms with Gasteiger partial charge >= 0.3 is 0 Å². The average molecular weight is 363 g/mol. The molecule has 1 aliphatic heterocycles. The summed E-state index contributed by atoms with van der Waals surface area (Å²) in [4.78, 5) is 20.5. The van der Waals surface area contributed by atoms with E-state index in [1.807, 2.05) is 30.5 Å². The third-order valence-electron chi connectivity index (χ3n) is 4.44. The van der Waals surface area contributed by atoms with E-state index >= 15 is 0 Å². The van der Waals surface area contributed by atoms with Crippen LogP contribution in [0.1, 0.15) is 29.3 Å². The molecule has 2 aromatic rings. The highest BCUT2D eigenvalue weighted by Gasteiger charge is 2.27. The lowest BCUT2D eigenvalue weighted by molar-refractivity contribution is 0.0822. The molecular formula is C18H23ClN4O2. The summed E-state index contributed by atoms with van der Waals surface area (Å²) in [6, 6.07) is 7.52. The first kappa shape index (κ1) is 17.8. The standard InChI is InChI=1S/C18H23ClN4O2/c1-13-17-20-16(18(24)21(2)3)12-23(17)9-8-22(13)10-11-25-15-6-4-14(19)5-7-15/h4-7,12-13H,8-11H2,1-3H3/t13-/m0/s1. The summed E-state index contributed by atoms with van der Waals surface area (Å²) in [5.74, 6) is 1.68. The normalized spacial score (nSPS) is 17.2. The predicted octanol–water partition coefficient (Wildman–Crippen LogP) is 2.69. The Hall–Kier alpha value is -2.05. The van der Waals surface area contributed by atoms with E-state index in [1.54, 1.807) is 19.0 Å². The number of imidazole rings is 1. The number of nitrogens with zero attached hydrogens (tertiary/aromatic N) is 4. The van der Waals surface area contributed by atoms with Gasteiger partial charge < -0.3 is 14.2 Å². The number of ether oxygens (including phenoxy) is 1. The number of hydrogen-bond donors (Lipinski definition) is 0. The summed E-state index contributed by atoms with van der Waals surface area (Å²) in [7, 11) is 3.48. The van der Waals surface area contributed by atoms with Gasteiger partial charge in [0.05, 0.1) is 6.04 Å². The van der Waals surface area contributed by atoms with Gasteiger partial charge in [-0.2, -0.15) is 0 Å². The maximum absolute atomic E-state index is 12.1. The zero-order chi connectivity index (χ0) is 18.0. The molecule has 1 aliphatic rings. The van der Waals surface area contributed by atoms with Gasteiger partial charge in [0.1, 0.15) is 23.9 Å². The minimum absolute atomic E-state index is 0.0632. The summed E-state index contributed by atoms with van der Waals surface area (Å²) in [6.45, 7) is 5.24. The Morgan fingerprint density at radius 1 is 1.32 bits per heavy atom. The zero-order valence-corrected chi connectivity index (χ0v) is 15.5. The van der Waals surface area contributed by atoms with Crippen molar-refractivity contribution in [3.8, 4) is 5.75 Å². The second-order valence-corrected chi connectivity index (χ2v) is 6.83. The molecule has 0 fully saturated rings. The van der Waals surface area contributed by atoms with E-state index < -0.39 is 0 Å². The Morgan fingerprint density at radius 2 is 2.04 bits per heavy atom. The minimum atomic E-state index is -0.0632. The van der Waals surface area contributed by atoms with Crippen molar-refractivity contribution in [2.45, 2.75) is 19.5 Å². The van der Waals surface area contributed by atoms with Crippen LogP contribution in [0.15, 0.2) is 30.5 Å². The number of benzene rings is 1. The number of carbonyl (C=O) groups excluding carboxylic acids is 1. The van der Waals surface area contributed by atoms with Crippen molar-refractivity contribution in [2.24, 2.45) is 0 Å². The molecule has 0 saturated heterocycles. The quantitative estimate of drug-likeness (QED) is 0.820. The molecule has 1 aromatic heterocycles. The molecule has 3 rings (SSSR count). The maximum atomic E-state index is 12.1. The average Bonchev–Trinajstić information content (AvgIpc) is 3.03. The van der Waals surface area contributed by atoms with Gasteiger partial charge in [0, 0.05) is 44.9 Å². The second kappa shape index (κ2) is 7.45. The number of amides is 1. The molecule has 2 heterocycles. The monoisotopic (exact) mass is 362 g/mol. The lowest BCUT2D eigenvalue weighted by Crippen LogP contribution is -2.39. The van der Waals surface area contributed by atoms with Crippen LogP contribution in [-0.4, -0.2) is 59.0 Å². The fraction of sp³-hybridized carbons (Fsp3) is 0.444. The lowest BCUT2D eigenvalue weighted by atomic mass is 10.2. The predicted molar refractivity (Wildman–Crippen MR) is 97.2 cm³/mol. The number of carbonyl (C=O) groups is 1. The molecule has 134 valence electrons. The molecule has 7 heteroatoms. The first-order chi connectivity index (χ1) is 12.0. The van der Waals surface area contributed by atoms with Crippen molar-refractivity contribution in [1.82, 2.24) is 19.4 Å². The molecule has 1 atom stereocenters. The molecule has 6 nitrogen and oxygen atoms in total. The fourth-order valence-electron chi connectivity index (χ4n) is 2.99. The van der Waals surface area contributed by atoms with Crippen LogP contribution >= 0.6 is 11.6 Å². The van der Waals surface area contributed by atoms with Gasteiger partial charge in [-0.05, 0) is 31.2 Å². The van der Waals surface area contributed by atoms with E-state index in [1.165, 1.54) is 0 Å². The molecule has 1 amide bonds. The highest BCUT2D eigenvalue weighted by Crippen LogP contribution is 2.24. The van der Waals surface area contributed by atoms with Crippen molar-refractivity contribution >= 4 is 17.5 Å². The Kier molecular flexibility index (Phi) is 5.30. The van der Waals surface area contributed by atoms with Gasteiger partial charge in [-0.15, -0.1) is 0 Å². The molecule has 0 bridgehead atoms. The molecule has 0 radical (unpaired) electrons. The molecular weight excluding hydrogens is 340 g/mol. The smallest absolute Gasteiger partial charge is 0.273 e. The Labute approximate surface area is 153 Å². The van der Waals surface area contributed by atoms with Crippen LogP contribution in [0.5, 0.6) is 5.75 Å². The van der Waals surface area contributed by atoms with E-state index in [-0.39, 0.29) is 11.9 Å². The Bertz CT molecular complexity index is 742. The van der Waals surface area contributed by atoms with Crippen molar-refractivity contribution in [1.29, 1.82) is 0 Å². The van der Waals surface area contributed by atoms with Crippen LogP contribution in [-0.2, 0) is 6.54 Å². The number of aromatic nitrogens is 2. The molecule has 0 unspecified atom stereocenters. The van der Waals surface area contributed by atoms with E-state index in [4.69, 9.17) is 16.3 Å². The zero-order valence-electron chi connectivity index (χ0n) is 14.8. The number of hydrogen-bond acceptors (Lipinski definition) is 4. The van der Waals surface area contributed by atoms with E-state index in [9.17, 15) is 4.79 Å². The maximum Gasteiger partial charge on any atom is 0.273 e. The topological polar surface area (TPSA) is 50.6 Å². The van der Waals surface area contributed by atoms with Crippen molar-refractivity contribution in [3.63, 3.8) is 0 Å². The molecule has 0 N–H and O–H groups in total. The Morgan fingerprint density at radius 3 is 2.72 bits per heavy atom. The third kappa shape index (κ3) is 3.96. The highest BCUT2D eigenvalue weighted by atomic mass is 35.5. The van der Waals surface area contributed by atoms with Crippen molar-refractivity contribution in [3.05, 3.63) is 47.0 Å². The third-order valence-corrected chi connectivity index (χ3v) is 4.70. The van der Waals surface area contributed by atoms with Crippen molar-refractivity contribution < 1.29 is 9.53 Å². The summed E-state index contributed by atoms with van der Waals surface area (Å²) >= 11 is 5.88. The van der Waals surface area contributed by atoms with Crippen LogP contribution < -0.4 is 4.74 Å². The highest BCUT2D eigenvalue weighted by molar-refractivity contribution is 6.30. The van der Waals surface area contributed by atoms with E-state index in [2.05, 4.69) is 21.4 Å². The largest absolute Gasteiger partial charge is 0.492 e. The SMILES string of the molecule is C[C@H]1c2nc(C(=O)N(C)C)cn2CCN1CCOc1ccc(Cl)cc1. The summed E-state index contributed by atoms with van der Waals surface area (Å²) in [5, 5.41) is 0.701. The van der Waals surface area contributed by atoms with Gasteiger partial charge in [0.25, 0.3) is 5.91 Å². The first-order valence-corrected chi connectivity index (χ1v) is 8.74. The van der Waals surface area contributed by atoms with Gasteiger partial charge in [-0.3, -0.25) is 9.69 Å². The summed E-state index contributed by atoms with van der Waals surface area (Å²) < 4.78 is 7.87. The molecule has 25 heavy (non-hydrogen) atoms. The first-order valence-electron chi connectivity index (χ1n) is 8.37. The van der Waals surface area contributed by atoms with E-state index in [0.717, 1.165) is 31.2 Å². The summed E-state index contributed by atoms with van der Waals surface area (Å²) in [6.07, 6.45) is 1.86. The van der Waals surface area contributed by atoms with Gasteiger partial charge in [-0.25, -0.2) is 4.98 Å². The lowest BCUT2D eigenvalue weighted by Gasteiger charge is -2.33. The van der Waals surface area contributed by atoms with Crippen LogP contribution in [0, 0.1) is 0 Å². The van der Waals surface area contributed by atoms with Crippen LogP contribution in [0.4, 0.5) is 0 Å². The van der Waals surface area contributed by atoms with Gasteiger partial charge in [0.15, 0.2) is 0 Å². The minimum Gasteiger partial charge on any atom is -0.492 e. The molecule has 1 aromatic carbocycles. The number of rotatable bonds is 5. The fourth-order valence-corrected chi connectivity index (χ4v) is 3.11. The van der Waals surface area contributed by atoms with E-state index in [0.29, 0.717) is 17.3 Å². The van der Waals surface area contributed by atoms with Crippen LogP contribution in [0.25, 0.3) is 0 Å². The number of halogens is 1. The second-order valence-electron chi connectivity index (χ2n) is 6.39. The summed E-state index contributed by atoms with van der Waals surface area (Å²) in [5.41, 5.74) is 0.506. The number of fused-ring (bicyclic) bond motifs is 1. The molecule has 0 saturated carbocycles. The van der Waals surface area contributed by atoms with Crippen molar-refractivity contribution in [2.75, 3.05) is 33.8 Å². The van der Waals surface area contributed by atoms with Gasteiger partial charge in [0.2, 0.25) is 0 Å².